The van der Waals surface area contributed by atoms with Gasteiger partial charge in [0.1, 0.15) is 0 Å². The van der Waals surface area contributed by atoms with Gasteiger partial charge in [0.15, 0.2) is 0 Å². The molecule has 136 valence electrons. The van der Waals surface area contributed by atoms with Crippen LogP contribution in [0.15, 0.2) is 12.2 Å². The number of carboxylic acid groups (broad SMARTS) is 1. The summed E-state index contributed by atoms with van der Waals surface area (Å²) < 4.78 is 5.71. The molecule has 0 radical (unpaired) electrons. The van der Waals surface area contributed by atoms with Gasteiger partial charge in [0.25, 0.3) is 0 Å². The molecule has 1 fully saturated rings. The second-order valence-corrected chi connectivity index (χ2v) is 6.70. The van der Waals surface area contributed by atoms with Crippen LogP contribution >= 0.6 is 0 Å². The fourth-order valence-corrected chi connectivity index (χ4v) is 2.59. The minimum absolute atomic E-state index is 0.176. The number of hydrogen-bond donors (Lipinski definition) is 1. The Labute approximate surface area is 143 Å². The molecule has 3 nitrogen and oxygen atoms in total. The van der Waals surface area contributed by atoms with E-state index in [0.717, 1.165) is 0 Å². The molecule has 0 aromatic rings. The highest BCUT2D eigenvalue weighted by atomic mass is 16.6. The first kappa shape index (κ1) is 22.2. The molecular formula is C20H38O3. The molecule has 1 N–H and O–H groups in total. The first-order valence-corrected chi connectivity index (χ1v) is 9.57. The Morgan fingerprint density at radius 1 is 0.870 bits per heavy atom. The minimum atomic E-state index is -0.935. The van der Waals surface area contributed by atoms with E-state index in [1.807, 2.05) is 0 Å². The third-order valence-electron chi connectivity index (χ3n) is 4.24. The summed E-state index contributed by atoms with van der Waals surface area (Å²) in [5, 5.41) is 7.89. The molecule has 2 unspecified atom stereocenters. The molecule has 0 amide bonds. The molecule has 2 atom stereocenters. The van der Waals surface area contributed by atoms with Gasteiger partial charge in [0.2, 0.25) is 0 Å². The summed E-state index contributed by atoms with van der Waals surface area (Å²) >= 11 is 0. The molecule has 3 heteroatoms. The molecule has 0 bridgehead atoms. The molecule has 1 aliphatic rings. The van der Waals surface area contributed by atoms with Gasteiger partial charge in [0, 0.05) is 5.57 Å². The van der Waals surface area contributed by atoms with E-state index in [1.54, 1.807) is 0 Å². The highest BCUT2D eigenvalue weighted by molar-refractivity contribution is 5.84. The number of epoxide rings is 1. The molecule has 1 aliphatic heterocycles. The Bertz CT molecular complexity index is 300. The second kappa shape index (κ2) is 14.7. The molecule has 23 heavy (non-hydrogen) atoms. The molecule has 0 aliphatic carbocycles. The van der Waals surface area contributed by atoms with Crippen LogP contribution in [0.5, 0.6) is 0 Å². The zero-order valence-electron chi connectivity index (χ0n) is 15.6. The van der Waals surface area contributed by atoms with E-state index in [2.05, 4.69) is 20.4 Å². The van der Waals surface area contributed by atoms with Crippen molar-refractivity contribution in [1.29, 1.82) is 0 Å². The van der Waals surface area contributed by atoms with Gasteiger partial charge in [-0.25, -0.2) is 4.79 Å². The summed E-state index contributed by atoms with van der Waals surface area (Å²) in [7, 11) is 0. The number of rotatable bonds is 13. The molecule has 0 aromatic heterocycles. The van der Waals surface area contributed by atoms with Crippen molar-refractivity contribution < 1.29 is 14.6 Å². The van der Waals surface area contributed by atoms with Crippen molar-refractivity contribution in [3.05, 3.63) is 12.2 Å². The predicted octanol–water partition coefficient (Wildman–Crippen LogP) is 6.12. The van der Waals surface area contributed by atoms with Crippen LogP contribution in [0, 0.1) is 0 Å². The summed E-state index contributed by atoms with van der Waals surface area (Å²) in [6, 6.07) is 0. The van der Waals surface area contributed by atoms with E-state index < -0.39 is 5.97 Å². The average molecular weight is 327 g/mol. The smallest absolute Gasteiger partial charge is 0.330 e. The Morgan fingerprint density at radius 3 is 1.65 bits per heavy atom. The maximum absolute atomic E-state index is 9.60. The van der Waals surface area contributed by atoms with Crippen LogP contribution < -0.4 is 0 Å². The lowest BCUT2D eigenvalue weighted by Gasteiger charge is -1.99. The highest BCUT2D eigenvalue weighted by Crippen LogP contribution is 2.31. The Morgan fingerprint density at radius 2 is 1.22 bits per heavy atom. The zero-order chi connectivity index (χ0) is 17.5. The van der Waals surface area contributed by atoms with Crippen LogP contribution in [-0.2, 0) is 9.53 Å². The van der Waals surface area contributed by atoms with E-state index in [0.29, 0.717) is 12.2 Å². The maximum atomic E-state index is 9.60. The normalized spacial score (nSPS) is 18.9. The SMILES string of the molecule is C=C(C)C(=O)O.CCCCCCCCCC1OC1CCCCC. The van der Waals surface area contributed by atoms with Crippen molar-refractivity contribution in [1.82, 2.24) is 0 Å². The van der Waals surface area contributed by atoms with E-state index in [-0.39, 0.29) is 5.57 Å². The third-order valence-corrected chi connectivity index (χ3v) is 4.24. The zero-order valence-corrected chi connectivity index (χ0v) is 15.6. The van der Waals surface area contributed by atoms with Crippen molar-refractivity contribution >= 4 is 5.97 Å². The van der Waals surface area contributed by atoms with Crippen LogP contribution in [0.4, 0.5) is 0 Å². The van der Waals surface area contributed by atoms with Crippen LogP contribution in [-0.4, -0.2) is 23.3 Å². The lowest BCUT2D eigenvalue weighted by Crippen LogP contribution is -1.94. The molecular weight excluding hydrogens is 288 g/mol. The summed E-state index contributed by atoms with van der Waals surface area (Å²) in [5.74, 6) is -0.935. The van der Waals surface area contributed by atoms with Gasteiger partial charge < -0.3 is 9.84 Å². The van der Waals surface area contributed by atoms with Crippen molar-refractivity contribution in [2.24, 2.45) is 0 Å². The number of aliphatic carboxylic acids is 1. The fourth-order valence-electron chi connectivity index (χ4n) is 2.59. The van der Waals surface area contributed by atoms with E-state index in [4.69, 9.17) is 9.84 Å². The van der Waals surface area contributed by atoms with Crippen molar-refractivity contribution in [2.75, 3.05) is 0 Å². The standard InChI is InChI=1S/C16H32O.C4H6O2/c1-3-5-7-8-9-10-12-14-16-15(17-16)13-11-6-4-2;1-3(2)4(5)6/h15-16H,3-14H2,1-2H3;1H2,2H3,(H,5,6). The van der Waals surface area contributed by atoms with Gasteiger partial charge in [-0.3, -0.25) is 0 Å². The molecule has 0 spiro atoms. The van der Waals surface area contributed by atoms with Gasteiger partial charge in [0.05, 0.1) is 12.2 Å². The number of hydrogen-bond acceptors (Lipinski definition) is 2. The van der Waals surface area contributed by atoms with E-state index in [1.165, 1.54) is 84.0 Å². The van der Waals surface area contributed by atoms with Crippen LogP contribution in [0.25, 0.3) is 0 Å². The average Bonchev–Trinajstić information content (AvgIpc) is 3.25. The first-order chi connectivity index (χ1) is 11.0. The Hall–Kier alpha value is -0.830. The van der Waals surface area contributed by atoms with Crippen LogP contribution in [0.3, 0.4) is 0 Å². The third kappa shape index (κ3) is 14.5. The maximum Gasteiger partial charge on any atom is 0.330 e. The molecule has 1 heterocycles. The Balaban J connectivity index is 0.000000688. The Kier molecular flexibility index (Phi) is 14.2. The molecule has 0 aromatic carbocycles. The van der Waals surface area contributed by atoms with Gasteiger partial charge in [-0.2, -0.15) is 0 Å². The number of carboxylic acids is 1. The molecule has 1 rings (SSSR count). The van der Waals surface area contributed by atoms with Crippen molar-refractivity contribution in [3.8, 4) is 0 Å². The molecule has 1 saturated heterocycles. The number of ether oxygens (including phenoxy) is 1. The van der Waals surface area contributed by atoms with Crippen molar-refractivity contribution in [2.45, 2.75) is 110 Å². The summed E-state index contributed by atoms with van der Waals surface area (Å²) in [6.45, 7) is 9.15. The van der Waals surface area contributed by atoms with Gasteiger partial charge in [-0.15, -0.1) is 0 Å². The first-order valence-electron chi connectivity index (χ1n) is 9.57. The summed E-state index contributed by atoms with van der Waals surface area (Å²) in [4.78, 5) is 9.60. The second-order valence-electron chi connectivity index (χ2n) is 6.70. The summed E-state index contributed by atoms with van der Waals surface area (Å²) in [6.07, 6.45) is 17.9. The predicted molar refractivity (Wildman–Crippen MR) is 97.9 cm³/mol. The number of unbranched alkanes of at least 4 members (excludes halogenated alkanes) is 8. The van der Waals surface area contributed by atoms with Gasteiger partial charge >= 0.3 is 5.97 Å². The highest BCUT2D eigenvalue weighted by Gasteiger charge is 2.36. The lowest BCUT2D eigenvalue weighted by molar-refractivity contribution is -0.132. The van der Waals surface area contributed by atoms with E-state index >= 15 is 0 Å². The quantitative estimate of drug-likeness (QED) is 0.252. The van der Waals surface area contributed by atoms with Gasteiger partial charge in [-0.05, 0) is 19.8 Å². The van der Waals surface area contributed by atoms with Gasteiger partial charge in [-0.1, -0.05) is 84.6 Å². The fraction of sp³-hybridized carbons (Fsp3) is 0.850. The largest absolute Gasteiger partial charge is 0.478 e. The summed E-state index contributed by atoms with van der Waals surface area (Å²) in [5.41, 5.74) is 0.176. The number of carbonyl (C=O) groups is 1. The van der Waals surface area contributed by atoms with E-state index in [9.17, 15) is 4.79 Å². The van der Waals surface area contributed by atoms with Crippen molar-refractivity contribution in [3.63, 3.8) is 0 Å². The van der Waals surface area contributed by atoms with Crippen LogP contribution in [0.2, 0.25) is 0 Å². The minimum Gasteiger partial charge on any atom is -0.478 e. The monoisotopic (exact) mass is 326 g/mol. The van der Waals surface area contributed by atoms with Crippen LogP contribution in [0.1, 0.15) is 97.8 Å². The molecule has 0 saturated carbocycles. The topological polar surface area (TPSA) is 49.8 Å². The lowest BCUT2D eigenvalue weighted by atomic mass is 10.0.